The summed E-state index contributed by atoms with van der Waals surface area (Å²) >= 11 is 0. The molecule has 2 rings (SSSR count). The zero-order valence-electron chi connectivity index (χ0n) is 13.5. The highest BCUT2D eigenvalue weighted by atomic mass is 28.3. The van der Waals surface area contributed by atoms with Gasteiger partial charge in [-0.05, 0) is 0 Å². The highest BCUT2D eigenvalue weighted by Gasteiger charge is 2.12. The van der Waals surface area contributed by atoms with Gasteiger partial charge in [-0.3, -0.25) is 0 Å². The number of aromatic nitrogens is 3. The number of hydrogen-bond donors (Lipinski definition) is 2. The van der Waals surface area contributed by atoms with Crippen LogP contribution in [-0.2, 0) is 0 Å². The van der Waals surface area contributed by atoms with Crippen molar-refractivity contribution in [3.05, 3.63) is 24.0 Å². The van der Waals surface area contributed by atoms with Gasteiger partial charge in [0.2, 0.25) is 11.8 Å². The first-order valence-electron chi connectivity index (χ1n) is 6.91. The highest BCUT2D eigenvalue weighted by Crippen LogP contribution is 2.30. The third-order valence-corrected chi connectivity index (χ3v) is 3.52. The number of nitrogens with zero attached hydrogens (tertiary/aromatic N) is 3. The number of rotatable bonds is 3. The zero-order valence-corrected chi connectivity index (χ0v) is 14.5. The Hall–Kier alpha value is -2.79. The second-order valence-corrected chi connectivity index (χ2v) is 10.6. The Bertz CT molecular complexity index is 778. The second-order valence-electron chi connectivity index (χ2n) is 5.80. The van der Waals surface area contributed by atoms with Crippen LogP contribution >= 0.6 is 0 Å². The van der Waals surface area contributed by atoms with Gasteiger partial charge >= 0.3 is 0 Å². The fraction of sp³-hybridized carbons (Fsp3) is 0.267. The molecule has 23 heavy (non-hydrogen) atoms. The van der Waals surface area contributed by atoms with Crippen molar-refractivity contribution >= 4 is 19.8 Å². The van der Waals surface area contributed by atoms with Crippen LogP contribution in [0.25, 0.3) is 0 Å². The van der Waals surface area contributed by atoms with Gasteiger partial charge < -0.3 is 20.9 Å². The zero-order chi connectivity index (χ0) is 17.0. The molecule has 0 atom stereocenters. The summed E-state index contributed by atoms with van der Waals surface area (Å²) in [7, 11) is -0.00885. The molecule has 8 heteroatoms. The standard InChI is InChI=1S/C15H19N5O2Si/c1-21-13-7-11(10(8-18-13)5-6-23(2,3)4)22-12-9-19-15(17)20-14(12)16/h7-9H,1-4H3,(H4,16,17,19,20). The molecule has 2 heterocycles. The van der Waals surface area contributed by atoms with E-state index in [1.165, 1.54) is 13.3 Å². The Morgan fingerprint density at radius 3 is 2.43 bits per heavy atom. The molecule has 0 amide bonds. The van der Waals surface area contributed by atoms with E-state index in [1.54, 1.807) is 12.3 Å². The van der Waals surface area contributed by atoms with Crippen molar-refractivity contribution in [1.29, 1.82) is 0 Å². The summed E-state index contributed by atoms with van der Waals surface area (Å²) in [5.41, 5.74) is 15.2. The van der Waals surface area contributed by atoms with E-state index in [-0.39, 0.29) is 11.8 Å². The molecular formula is C15H19N5O2Si. The van der Waals surface area contributed by atoms with Crippen LogP contribution in [0, 0.1) is 11.5 Å². The molecule has 0 aliphatic carbocycles. The molecule has 7 nitrogen and oxygen atoms in total. The van der Waals surface area contributed by atoms with Gasteiger partial charge in [0.05, 0.1) is 25.1 Å². The van der Waals surface area contributed by atoms with E-state index in [9.17, 15) is 0 Å². The van der Waals surface area contributed by atoms with Gasteiger partial charge in [-0.15, -0.1) is 5.54 Å². The fourth-order valence-electron chi connectivity index (χ4n) is 1.56. The van der Waals surface area contributed by atoms with E-state index in [0.29, 0.717) is 22.9 Å². The smallest absolute Gasteiger partial charge is 0.222 e. The number of hydrogen-bond acceptors (Lipinski definition) is 7. The van der Waals surface area contributed by atoms with Crippen LogP contribution in [0.4, 0.5) is 11.8 Å². The van der Waals surface area contributed by atoms with Crippen LogP contribution in [-0.4, -0.2) is 30.1 Å². The average Bonchev–Trinajstić information content (AvgIpc) is 2.47. The van der Waals surface area contributed by atoms with Crippen molar-refractivity contribution < 1.29 is 9.47 Å². The minimum Gasteiger partial charge on any atom is -0.481 e. The predicted octanol–water partition coefficient (Wildman–Crippen LogP) is 2.07. The largest absolute Gasteiger partial charge is 0.481 e. The van der Waals surface area contributed by atoms with E-state index in [4.69, 9.17) is 20.9 Å². The van der Waals surface area contributed by atoms with Crippen LogP contribution in [0.1, 0.15) is 5.56 Å². The van der Waals surface area contributed by atoms with Crippen LogP contribution in [0.5, 0.6) is 17.4 Å². The van der Waals surface area contributed by atoms with Crippen molar-refractivity contribution in [3.8, 4) is 28.8 Å². The normalized spacial score (nSPS) is 10.6. The Morgan fingerprint density at radius 1 is 1.09 bits per heavy atom. The van der Waals surface area contributed by atoms with Crippen molar-refractivity contribution in [1.82, 2.24) is 15.0 Å². The molecule has 0 aliphatic rings. The summed E-state index contributed by atoms with van der Waals surface area (Å²) in [6.07, 6.45) is 3.02. The maximum atomic E-state index is 5.80. The minimum atomic E-state index is -1.54. The highest BCUT2D eigenvalue weighted by molar-refractivity contribution is 6.83. The Morgan fingerprint density at radius 2 is 1.83 bits per heavy atom. The molecule has 4 N–H and O–H groups in total. The van der Waals surface area contributed by atoms with Crippen LogP contribution in [0.15, 0.2) is 18.5 Å². The van der Waals surface area contributed by atoms with E-state index in [2.05, 4.69) is 46.1 Å². The van der Waals surface area contributed by atoms with Gasteiger partial charge in [0.25, 0.3) is 0 Å². The molecule has 2 aromatic heterocycles. The van der Waals surface area contributed by atoms with Gasteiger partial charge in [0.1, 0.15) is 13.8 Å². The number of anilines is 2. The van der Waals surface area contributed by atoms with Gasteiger partial charge in [-0.1, -0.05) is 25.6 Å². The molecule has 0 bridgehead atoms. The molecule has 120 valence electrons. The fourth-order valence-corrected chi connectivity index (χ4v) is 2.07. The lowest BCUT2D eigenvalue weighted by Gasteiger charge is -2.11. The first-order chi connectivity index (χ1) is 10.8. The second kappa shape index (κ2) is 6.54. The van der Waals surface area contributed by atoms with Gasteiger partial charge in [0.15, 0.2) is 11.6 Å². The van der Waals surface area contributed by atoms with Crippen molar-refractivity contribution in [2.24, 2.45) is 0 Å². The molecule has 0 saturated carbocycles. The number of nitrogens with two attached hydrogens (primary N) is 2. The lowest BCUT2D eigenvalue weighted by atomic mass is 10.2. The Labute approximate surface area is 136 Å². The SMILES string of the molecule is COc1cc(Oc2cnc(N)nc2N)c(C#C[Si](C)(C)C)cn1. The van der Waals surface area contributed by atoms with E-state index in [1.807, 2.05) is 0 Å². The topological polar surface area (TPSA) is 109 Å². The summed E-state index contributed by atoms with van der Waals surface area (Å²) in [4.78, 5) is 11.9. The van der Waals surface area contributed by atoms with Crippen molar-refractivity contribution in [2.75, 3.05) is 18.6 Å². The first kappa shape index (κ1) is 16.6. The van der Waals surface area contributed by atoms with Gasteiger partial charge in [-0.2, -0.15) is 4.98 Å². The maximum absolute atomic E-state index is 5.80. The molecule has 0 radical (unpaired) electrons. The summed E-state index contributed by atoms with van der Waals surface area (Å²) in [6, 6.07) is 1.64. The average molecular weight is 329 g/mol. The molecule has 0 spiro atoms. The predicted molar refractivity (Wildman–Crippen MR) is 91.9 cm³/mol. The first-order valence-corrected chi connectivity index (χ1v) is 10.4. The Kier molecular flexibility index (Phi) is 4.71. The molecule has 0 unspecified atom stereocenters. The van der Waals surface area contributed by atoms with E-state index >= 15 is 0 Å². The molecule has 0 aromatic carbocycles. The maximum Gasteiger partial charge on any atom is 0.222 e. The van der Waals surface area contributed by atoms with Gasteiger partial charge in [-0.25, -0.2) is 9.97 Å². The lowest BCUT2D eigenvalue weighted by Crippen LogP contribution is -2.16. The monoisotopic (exact) mass is 329 g/mol. The van der Waals surface area contributed by atoms with Crippen LogP contribution in [0.3, 0.4) is 0 Å². The third kappa shape index (κ3) is 4.59. The van der Waals surface area contributed by atoms with E-state index in [0.717, 1.165) is 0 Å². The molecule has 0 fully saturated rings. The molecule has 0 aliphatic heterocycles. The summed E-state index contributed by atoms with van der Waals surface area (Å²) in [5.74, 6) is 4.53. The van der Waals surface area contributed by atoms with Crippen LogP contribution < -0.4 is 20.9 Å². The molecule has 0 saturated heterocycles. The number of ether oxygens (including phenoxy) is 2. The third-order valence-electron chi connectivity index (χ3n) is 2.64. The minimum absolute atomic E-state index is 0.0842. The molecule has 2 aromatic rings. The van der Waals surface area contributed by atoms with Crippen molar-refractivity contribution in [2.45, 2.75) is 19.6 Å². The summed E-state index contributed by atoms with van der Waals surface area (Å²) in [6.45, 7) is 6.47. The summed E-state index contributed by atoms with van der Waals surface area (Å²) in [5, 5.41) is 0. The Balaban J connectivity index is 2.43. The van der Waals surface area contributed by atoms with Crippen LogP contribution in [0.2, 0.25) is 19.6 Å². The lowest BCUT2D eigenvalue weighted by molar-refractivity contribution is 0.392. The van der Waals surface area contributed by atoms with Crippen molar-refractivity contribution in [3.63, 3.8) is 0 Å². The quantitative estimate of drug-likeness (QED) is 0.655. The number of methoxy groups -OCH3 is 1. The molecular weight excluding hydrogens is 310 g/mol. The number of nitrogen functional groups attached to an aromatic ring is 2. The number of pyridine rings is 1. The summed E-state index contributed by atoms with van der Waals surface area (Å²) < 4.78 is 10.9. The van der Waals surface area contributed by atoms with Gasteiger partial charge in [0, 0.05) is 6.07 Å². The van der Waals surface area contributed by atoms with E-state index < -0.39 is 8.07 Å².